The maximum Gasteiger partial charge on any atom is 0.246 e. The molecule has 1 heterocycles. The summed E-state index contributed by atoms with van der Waals surface area (Å²) in [6.45, 7) is 5.70. The van der Waals surface area contributed by atoms with E-state index in [1.165, 1.54) is 6.08 Å². The molecule has 27 heavy (non-hydrogen) atoms. The number of rotatable bonds is 8. The topological polar surface area (TPSA) is 54.5 Å². The molecule has 4 nitrogen and oxygen atoms in total. The van der Waals surface area contributed by atoms with Crippen LogP contribution in [0.2, 0.25) is 5.02 Å². The number of nitrogens with zero attached hydrogens (tertiary/aromatic N) is 1. The fourth-order valence-corrected chi connectivity index (χ4v) is 4.91. The van der Waals surface area contributed by atoms with Gasteiger partial charge in [-0.15, -0.1) is 11.3 Å². The van der Waals surface area contributed by atoms with Gasteiger partial charge in [0, 0.05) is 39.2 Å². The Morgan fingerprint density at radius 3 is 2.44 bits per heavy atom. The van der Waals surface area contributed by atoms with Crippen LogP contribution < -0.4 is 0 Å². The molecule has 1 unspecified atom stereocenters. The van der Waals surface area contributed by atoms with Crippen molar-refractivity contribution in [2.24, 2.45) is 0 Å². The highest BCUT2D eigenvalue weighted by molar-refractivity contribution is 7.91. The largest absolute Gasteiger partial charge is 0.336 e. The number of hydrogen-bond donors (Lipinski definition) is 0. The molecule has 2 aromatic rings. The van der Waals surface area contributed by atoms with Crippen molar-refractivity contribution in [1.82, 2.24) is 4.90 Å². The Hall–Kier alpha value is -1.63. The van der Waals surface area contributed by atoms with Gasteiger partial charge in [-0.1, -0.05) is 30.7 Å². The molecule has 1 atom stereocenters. The van der Waals surface area contributed by atoms with Gasteiger partial charge in [-0.05, 0) is 49.8 Å². The first-order valence-corrected chi connectivity index (χ1v) is 11.8. The Morgan fingerprint density at radius 2 is 1.85 bits per heavy atom. The highest BCUT2D eigenvalue weighted by atomic mass is 35.5. The minimum absolute atomic E-state index is 0.0172. The van der Waals surface area contributed by atoms with Crippen LogP contribution in [0.5, 0.6) is 0 Å². The minimum atomic E-state index is -3.13. The molecular weight excluding hydrogens is 402 g/mol. The van der Waals surface area contributed by atoms with Crippen molar-refractivity contribution >= 4 is 44.8 Å². The molecule has 0 fully saturated rings. The van der Waals surface area contributed by atoms with Gasteiger partial charge in [-0.3, -0.25) is 4.79 Å². The first-order chi connectivity index (χ1) is 12.8. The third-order valence-corrected chi connectivity index (χ3v) is 7.46. The lowest BCUT2D eigenvalue weighted by Gasteiger charge is -2.26. The number of carbonyl (C=O) groups excluding carboxylic acids is 1. The zero-order valence-corrected chi connectivity index (χ0v) is 18.1. The monoisotopic (exact) mass is 425 g/mol. The van der Waals surface area contributed by atoms with E-state index in [1.807, 2.05) is 43.3 Å². The van der Waals surface area contributed by atoms with Crippen LogP contribution >= 0.6 is 22.9 Å². The average Bonchev–Trinajstić information content (AvgIpc) is 3.10. The van der Waals surface area contributed by atoms with Crippen molar-refractivity contribution in [3.63, 3.8) is 0 Å². The lowest BCUT2D eigenvalue weighted by molar-refractivity contribution is -0.127. The summed E-state index contributed by atoms with van der Waals surface area (Å²) in [5.41, 5.74) is 1.07. The van der Waals surface area contributed by atoms with Gasteiger partial charge in [-0.2, -0.15) is 0 Å². The van der Waals surface area contributed by atoms with Crippen molar-refractivity contribution in [3.05, 3.63) is 52.4 Å². The second-order valence-corrected chi connectivity index (χ2v) is 10.2. The molecule has 0 aliphatic heterocycles. The molecule has 1 aromatic heterocycles. The van der Waals surface area contributed by atoms with E-state index in [2.05, 4.69) is 0 Å². The third kappa shape index (κ3) is 6.19. The summed E-state index contributed by atoms with van der Waals surface area (Å²) < 4.78 is 23.7. The van der Waals surface area contributed by atoms with Gasteiger partial charge in [0.15, 0.2) is 9.84 Å². The number of thiophene rings is 1. The van der Waals surface area contributed by atoms with E-state index in [9.17, 15) is 13.2 Å². The summed E-state index contributed by atoms with van der Waals surface area (Å²) >= 11 is 7.50. The van der Waals surface area contributed by atoms with Crippen molar-refractivity contribution in [2.75, 3.05) is 18.1 Å². The number of sulfone groups is 1. The zero-order chi connectivity index (χ0) is 20.0. The number of carbonyl (C=O) groups is 1. The number of hydrogen-bond acceptors (Lipinski definition) is 4. The molecule has 0 aliphatic carbocycles. The second kappa shape index (κ2) is 9.53. The third-order valence-electron chi connectivity index (χ3n) is 4.24. The van der Waals surface area contributed by atoms with E-state index in [-0.39, 0.29) is 23.5 Å². The first-order valence-electron chi connectivity index (χ1n) is 8.80. The second-order valence-electron chi connectivity index (χ2n) is 6.21. The molecule has 1 amide bonds. The van der Waals surface area contributed by atoms with E-state index in [0.29, 0.717) is 11.6 Å². The molecule has 1 aromatic carbocycles. The summed E-state index contributed by atoms with van der Waals surface area (Å²) in [4.78, 5) is 16.1. The zero-order valence-electron chi connectivity index (χ0n) is 15.7. The molecule has 0 spiro atoms. The summed E-state index contributed by atoms with van der Waals surface area (Å²) in [6, 6.07) is 11.2. The Labute approximate surface area is 170 Å². The number of halogens is 1. The van der Waals surface area contributed by atoms with Gasteiger partial charge in [0.25, 0.3) is 0 Å². The molecule has 0 N–H and O–H groups in total. The van der Waals surface area contributed by atoms with Crippen molar-refractivity contribution in [2.45, 2.75) is 26.8 Å². The van der Waals surface area contributed by atoms with Gasteiger partial charge in [-0.25, -0.2) is 8.42 Å². The van der Waals surface area contributed by atoms with Gasteiger partial charge in [0.1, 0.15) is 0 Å². The van der Waals surface area contributed by atoms with Crippen LogP contribution in [0.25, 0.3) is 16.5 Å². The van der Waals surface area contributed by atoms with Crippen LogP contribution in [0, 0.1) is 0 Å². The predicted octanol–water partition coefficient (Wildman–Crippen LogP) is 4.75. The smallest absolute Gasteiger partial charge is 0.246 e. The fraction of sp³-hybridized carbons (Fsp3) is 0.350. The lowest BCUT2D eigenvalue weighted by atomic mass is 10.2. The summed E-state index contributed by atoms with van der Waals surface area (Å²) in [5, 5.41) is 0.694. The predicted molar refractivity (Wildman–Crippen MR) is 115 cm³/mol. The summed E-state index contributed by atoms with van der Waals surface area (Å²) in [7, 11) is -3.13. The van der Waals surface area contributed by atoms with E-state index >= 15 is 0 Å². The normalized spacial score (nSPS) is 13.0. The molecule has 0 saturated heterocycles. The Kier molecular flexibility index (Phi) is 7.65. The molecule has 2 rings (SSSR count). The number of likely N-dealkylation sites (N-methyl/N-ethyl adjacent to an activating group) is 1. The molecule has 0 saturated carbocycles. The minimum Gasteiger partial charge on any atom is -0.336 e. The molecule has 0 radical (unpaired) electrons. The van der Waals surface area contributed by atoms with Crippen molar-refractivity contribution in [1.29, 1.82) is 0 Å². The van der Waals surface area contributed by atoms with Gasteiger partial charge in [0.05, 0.1) is 5.75 Å². The quantitative estimate of drug-likeness (QED) is 0.573. The van der Waals surface area contributed by atoms with Crippen LogP contribution in [-0.2, 0) is 14.6 Å². The molecular formula is C20H24ClNO3S2. The van der Waals surface area contributed by atoms with Crippen LogP contribution in [0.1, 0.15) is 25.6 Å². The summed E-state index contributed by atoms with van der Waals surface area (Å²) in [5.74, 6) is -0.115. The molecule has 146 valence electrons. The Balaban J connectivity index is 2.07. The average molecular weight is 426 g/mol. The van der Waals surface area contributed by atoms with Crippen molar-refractivity contribution in [3.8, 4) is 10.4 Å². The first kappa shape index (κ1) is 21.7. The van der Waals surface area contributed by atoms with Gasteiger partial charge in [0.2, 0.25) is 5.91 Å². The standard InChI is InChI=1S/C20H24ClNO3S2/c1-4-22(15(3)14-27(24,25)5-2)20(23)13-11-18-10-12-19(26-18)16-6-8-17(21)9-7-16/h6-13,15H,4-5,14H2,1-3H3/b13-11+. The van der Waals surface area contributed by atoms with Gasteiger partial charge < -0.3 is 4.90 Å². The van der Waals surface area contributed by atoms with E-state index < -0.39 is 9.84 Å². The number of benzene rings is 1. The Morgan fingerprint density at radius 1 is 1.19 bits per heavy atom. The van der Waals surface area contributed by atoms with Crippen LogP contribution in [0.3, 0.4) is 0 Å². The van der Waals surface area contributed by atoms with Crippen LogP contribution in [-0.4, -0.2) is 43.3 Å². The fourth-order valence-electron chi connectivity index (χ4n) is 2.72. The maximum absolute atomic E-state index is 12.5. The van der Waals surface area contributed by atoms with Crippen LogP contribution in [0.4, 0.5) is 0 Å². The maximum atomic E-state index is 12.5. The lowest BCUT2D eigenvalue weighted by Crippen LogP contribution is -2.41. The molecule has 0 aliphatic rings. The van der Waals surface area contributed by atoms with Crippen molar-refractivity contribution < 1.29 is 13.2 Å². The molecule has 7 heteroatoms. The Bertz CT molecular complexity index is 902. The molecule has 0 bridgehead atoms. The number of amides is 1. The van der Waals surface area contributed by atoms with Gasteiger partial charge >= 0.3 is 0 Å². The van der Waals surface area contributed by atoms with Crippen LogP contribution in [0.15, 0.2) is 42.5 Å². The van der Waals surface area contributed by atoms with E-state index in [1.54, 1.807) is 36.2 Å². The SMILES string of the molecule is CCN(C(=O)/C=C/c1ccc(-c2ccc(Cl)cc2)s1)C(C)CS(=O)(=O)CC. The highest BCUT2D eigenvalue weighted by Crippen LogP contribution is 2.29. The van der Waals surface area contributed by atoms with E-state index in [4.69, 9.17) is 11.6 Å². The summed E-state index contributed by atoms with van der Waals surface area (Å²) in [6.07, 6.45) is 3.28. The van der Waals surface area contributed by atoms with E-state index in [0.717, 1.165) is 15.3 Å². The highest BCUT2D eigenvalue weighted by Gasteiger charge is 2.21.